The Bertz CT molecular complexity index is 919. The molecule has 0 radical (unpaired) electrons. The van der Waals surface area contributed by atoms with Crippen molar-refractivity contribution in [3.63, 3.8) is 0 Å². The van der Waals surface area contributed by atoms with E-state index in [0.717, 1.165) is 17.7 Å². The molecular formula is C21H26N2O3S2. The van der Waals surface area contributed by atoms with Gasteiger partial charge in [0.1, 0.15) is 0 Å². The summed E-state index contributed by atoms with van der Waals surface area (Å²) >= 11 is 1.46. The van der Waals surface area contributed by atoms with E-state index >= 15 is 0 Å². The summed E-state index contributed by atoms with van der Waals surface area (Å²) in [7, 11) is -3.49. The third-order valence-corrected chi connectivity index (χ3v) is 7.64. The number of amides is 1. The minimum Gasteiger partial charge on any atom is -0.325 e. The molecule has 0 bridgehead atoms. The number of carbonyl (C=O) groups excluding carboxylic acids is 1. The number of benzene rings is 2. The number of thioether (sulfide) groups is 1. The summed E-state index contributed by atoms with van der Waals surface area (Å²) in [6, 6.07) is 14.7. The topological polar surface area (TPSA) is 66.5 Å². The highest BCUT2D eigenvalue weighted by Crippen LogP contribution is 2.24. The number of nitrogens with one attached hydrogen (secondary N) is 1. The van der Waals surface area contributed by atoms with Gasteiger partial charge in [0.05, 0.1) is 10.6 Å². The van der Waals surface area contributed by atoms with Crippen molar-refractivity contribution in [1.29, 1.82) is 0 Å². The third-order valence-electron chi connectivity index (χ3n) is 4.74. The molecule has 1 fully saturated rings. The summed E-state index contributed by atoms with van der Waals surface area (Å²) in [5, 5.41) is 2.80. The molecule has 2 aromatic rings. The van der Waals surface area contributed by atoms with Crippen LogP contribution >= 0.6 is 11.8 Å². The number of rotatable bonds is 7. The van der Waals surface area contributed by atoms with Crippen molar-refractivity contribution in [3.05, 3.63) is 54.1 Å². The monoisotopic (exact) mass is 418 g/mol. The van der Waals surface area contributed by atoms with Gasteiger partial charge in [0.25, 0.3) is 0 Å². The van der Waals surface area contributed by atoms with Crippen molar-refractivity contribution in [2.75, 3.05) is 24.2 Å². The molecule has 7 heteroatoms. The van der Waals surface area contributed by atoms with Crippen LogP contribution in [0.15, 0.2) is 58.3 Å². The summed E-state index contributed by atoms with van der Waals surface area (Å²) in [6.45, 7) is 5.41. The van der Waals surface area contributed by atoms with E-state index in [1.165, 1.54) is 27.7 Å². The zero-order valence-corrected chi connectivity index (χ0v) is 17.9. The van der Waals surface area contributed by atoms with Gasteiger partial charge in [-0.3, -0.25) is 4.79 Å². The van der Waals surface area contributed by atoms with Crippen molar-refractivity contribution in [1.82, 2.24) is 4.31 Å². The third kappa shape index (κ3) is 5.16. The Morgan fingerprint density at radius 1 is 1.11 bits per heavy atom. The Morgan fingerprint density at radius 2 is 1.79 bits per heavy atom. The number of carbonyl (C=O) groups is 1. The van der Waals surface area contributed by atoms with E-state index in [0.29, 0.717) is 24.7 Å². The molecule has 1 N–H and O–H groups in total. The maximum absolute atomic E-state index is 12.7. The van der Waals surface area contributed by atoms with Gasteiger partial charge in [0, 0.05) is 23.7 Å². The van der Waals surface area contributed by atoms with Gasteiger partial charge in [-0.2, -0.15) is 4.31 Å². The molecule has 1 aliphatic rings. The molecule has 0 unspecified atom stereocenters. The van der Waals surface area contributed by atoms with E-state index in [1.807, 2.05) is 12.1 Å². The number of sulfonamides is 1. The van der Waals surface area contributed by atoms with Crippen molar-refractivity contribution in [2.24, 2.45) is 0 Å². The first kappa shape index (κ1) is 20.9. The van der Waals surface area contributed by atoms with Crippen molar-refractivity contribution in [2.45, 2.75) is 42.4 Å². The highest BCUT2D eigenvalue weighted by atomic mass is 32.2. The number of anilines is 1. The highest BCUT2D eigenvalue weighted by Gasteiger charge is 2.27. The number of nitrogens with zero attached hydrogens (tertiary/aromatic N) is 1. The molecule has 2 aromatic carbocycles. The van der Waals surface area contributed by atoms with Crippen molar-refractivity contribution in [3.8, 4) is 0 Å². The van der Waals surface area contributed by atoms with E-state index in [1.54, 1.807) is 18.2 Å². The molecule has 150 valence electrons. The molecule has 5 nitrogen and oxygen atoms in total. The standard InChI is InChI=1S/C21H26N2O3S2/c1-16(2)17-8-10-19(11-9-17)27-15-21(24)22-18-6-5-7-20(14-18)28(25,26)23-12-3-4-13-23/h5-11,14,16H,3-4,12-13,15H2,1-2H3,(H,22,24). The molecule has 1 heterocycles. The number of hydrogen-bond acceptors (Lipinski definition) is 4. The number of hydrogen-bond donors (Lipinski definition) is 1. The predicted octanol–water partition coefficient (Wildman–Crippen LogP) is 4.33. The lowest BCUT2D eigenvalue weighted by Crippen LogP contribution is -2.28. The van der Waals surface area contributed by atoms with Crippen LogP contribution in [0.5, 0.6) is 0 Å². The van der Waals surface area contributed by atoms with Crippen LogP contribution < -0.4 is 5.32 Å². The fourth-order valence-electron chi connectivity index (χ4n) is 3.11. The molecule has 28 heavy (non-hydrogen) atoms. The van der Waals surface area contributed by atoms with Gasteiger partial charge in [0.15, 0.2) is 0 Å². The zero-order valence-electron chi connectivity index (χ0n) is 16.2. The lowest BCUT2D eigenvalue weighted by molar-refractivity contribution is -0.113. The fourth-order valence-corrected chi connectivity index (χ4v) is 5.37. The molecule has 0 atom stereocenters. The first-order valence-electron chi connectivity index (χ1n) is 9.49. The van der Waals surface area contributed by atoms with E-state index in [2.05, 4.69) is 31.3 Å². The smallest absolute Gasteiger partial charge is 0.243 e. The zero-order chi connectivity index (χ0) is 20.1. The molecule has 0 aromatic heterocycles. The fraction of sp³-hybridized carbons (Fsp3) is 0.381. The van der Waals surface area contributed by atoms with Crippen LogP contribution in [0.2, 0.25) is 0 Å². The Balaban J connectivity index is 1.59. The normalized spacial score (nSPS) is 15.1. The highest BCUT2D eigenvalue weighted by molar-refractivity contribution is 8.00. The van der Waals surface area contributed by atoms with Crippen molar-refractivity contribution < 1.29 is 13.2 Å². The molecule has 1 amide bonds. The van der Waals surface area contributed by atoms with Crippen LogP contribution in [0, 0.1) is 0 Å². The van der Waals surface area contributed by atoms with Gasteiger partial charge in [-0.1, -0.05) is 32.0 Å². The van der Waals surface area contributed by atoms with Crippen LogP contribution in [-0.4, -0.2) is 37.5 Å². The van der Waals surface area contributed by atoms with Gasteiger partial charge in [-0.25, -0.2) is 8.42 Å². The second-order valence-electron chi connectivity index (χ2n) is 7.20. The second-order valence-corrected chi connectivity index (χ2v) is 10.2. The maximum atomic E-state index is 12.7. The maximum Gasteiger partial charge on any atom is 0.243 e. The van der Waals surface area contributed by atoms with E-state index in [-0.39, 0.29) is 16.6 Å². The summed E-state index contributed by atoms with van der Waals surface area (Å²) in [6.07, 6.45) is 1.79. The molecular weight excluding hydrogens is 392 g/mol. The Morgan fingerprint density at radius 3 is 2.43 bits per heavy atom. The van der Waals surface area contributed by atoms with Gasteiger partial charge in [-0.05, 0) is 54.7 Å². The van der Waals surface area contributed by atoms with E-state index in [4.69, 9.17) is 0 Å². The minimum atomic E-state index is -3.49. The molecule has 0 saturated carbocycles. The average Bonchev–Trinajstić information content (AvgIpc) is 3.22. The first-order valence-corrected chi connectivity index (χ1v) is 11.9. The summed E-state index contributed by atoms with van der Waals surface area (Å²) in [5.41, 5.74) is 1.77. The average molecular weight is 419 g/mol. The van der Waals surface area contributed by atoms with Crippen LogP contribution in [-0.2, 0) is 14.8 Å². The molecule has 0 spiro atoms. The van der Waals surface area contributed by atoms with Crippen molar-refractivity contribution >= 4 is 33.4 Å². The van der Waals surface area contributed by atoms with E-state index in [9.17, 15) is 13.2 Å². The Hall–Kier alpha value is -1.83. The first-order chi connectivity index (χ1) is 13.4. The summed E-state index contributed by atoms with van der Waals surface area (Å²) in [4.78, 5) is 13.5. The Labute approximate surface area is 171 Å². The summed E-state index contributed by atoms with van der Waals surface area (Å²) < 4.78 is 26.8. The van der Waals surface area contributed by atoms with Gasteiger partial charge < -0.3 is 5.32 Å². The summed E-state index contributed by atoms with van der Waals surface area (Å²) in [5.74, 6) is 0.588. The van der Waals surface area contributed by atoms with Crippen LogP contribution in [0.4, 0.5) is 5.69 Å². The molecule has 1 aliphatic heterocycles. The lowest BCUT2D eigenvalue weighted by atomic mass is 10.0. The lowest BCUT2D eigenvalue weighted by Gasteiger charge is -2.16. The quantitative estimate of drug-likeness (QED) is 0.680. The van der Waals surface area contributed by atoms with Gasteiger partial charge >= 0.3 is 0 Å². The van der Waals surface area contributed by atoms with Crippen LogP contribution in [0.25, 0.3) is 0 Å². The van der Waals surface area contributed by atoms with Gasteiger partial charge in [0.2, 0.25) is 15.9 Å². The minimum absolute atomic E-state index is 0.159. The van der Waals surface area contributed by atoms with Crippen LogP contribution in [0.3, 0.4) is 0 Å². The molecule has 0 aliphatic carbocycles. The van der Waals surface area contributed by atoms with Crippen LogP contribution in [0.1, 0.15) is 38.2 Å². The Kier molecular flexibility index (Phi) is 6.80. The predicted molar refractivity (Wildman–Crippen MR) is 114 cm³/mol. The SMILES string of the molecule is CC(C)c1ccc(SCC(=O)Nc2cccc(S(=O)(=O)N3CCCC3)c2)cc1. The molecule has 3 rings (SSSR count). The second kappa shape index (κ2) is 9.11. The van der Waals surface area contributed by atoms with E-state index < -0.39 is 10.0 Å². The largest absolute Gasteiger partial charge is 0.325 e. The van der Waals surface area contributed by atoms with Gasteiger partial charge in [-0.15, -0.1) is 11.8 Å². The molecule has 1 saturated heterocycles.